The largest absolute Gasteiger partial charge is 0.393 e. The van der Waals surface area contributed by atoms with E-state index in [1.807, 2.05) is 6.20 Å². The lowest BCUT2D eigenvalue weighted by Crippen LogP contribution is -2.18. The second kappa shape index (κ2) is 4.62. The van der Waals surface area contributed by atoms with Gasteiger partial charge in [-0.1, -0.05) is 6.07 Å². The molecule has 1 aromatic heterocycles. The van der Waals surface area contributed by atoms with Crippen LogP contribution < -0.4 is 4.90 Å². The molecule has 0 aromatic carbocycles. The van der Waals surface area contributed by atoms with E-state index in [1.165, 1.54) is 12.8 Å². The van der Waals surface area contributed by atoms with Crippen LogP contribution in [0.2, 0.25) is 0 Å². The molecule has 0 spiro atoms. The van der Waals surface area contributed by atoms with Crippen molar-refractivity contribution in [2.45, 2.75) is 32.3 Å². The molecule has 1 N–H and O–H groups in total. The average Bonchev–Trinajstić information content (AvgIpc) is 2.71. The van der Waals surface area contributed by atoms with Crippen LogP contribution in [0.5, 0.6) is 0 Å². The topological polar surface area (TPSA) is 36.4 Å². The molecule has 82 valence electrons. The van der Waals surface area contributed by atoms with Gasteiger partial charge in [-0.15, -0.1) is 0 Å². The summed E-state index contributed by atoms with van der Waals surface area (Å²) >= 11 is 0. The Balaban J connectivity index is 2.03. The van der Waals surface area contributed by atoms with Crippen LogP contribution in [-0.2, 0) is 6.42 Å². The minimum atomic E-state index is -0.288. The predicted octanol–water partition coefficient (Wildman–Crippen LogP) is 1.61. The number of aliphatic hydroxyl groups is 1. The van der Waals surface area contributed by atoms with Crippen molar-refractivity contribution in [3.8, 4) is 0 Å². The van der Waals surface area contributed by atoms with Crippen LogP contribution in [0, 0.1) is 0 Å². The quantitative estimate of drug-likeness (QED) is 0.816. The maximum absolute atomic E-state index is 9.25. The molecule has 1 aromatic rings. The van der Waals surface area contributed by atoms with Crippen molar-refractivity contribution in [2.24, 2.45) is 0 Å². The van der Waals surface area contributed by atoms with E-state index >= 15 is 0 Å². The van der Waals surface area contributed by atoms with Crippen LogP contribution >= 0.6 is 0 Å². The number of aromatic nitrogens is 1. The van der Waals surface area contributed by atoms with Gasteiger partial charge in [0.1, 0.15) is 5.82 Å². The highest BCUT2D eigenvalue weighted by molar-refractivity contribution is 5.40. The van der Waals surface area contributed by atoms with Gasteiger partial charge in [-0.2, -0.15) is 0 Å². The van der Waals surface area contributed by atoms with Gasteiger partial charge in [0.25, 0.3) is 0 Å². The first-order chi connectivity index (χ1) is 7.25. The van der Waals surface area contributed by atoms with Gasteiger partial charge in [-0.25, -0.2) is 4.98 Å². The molecule has 1 fully saturated rings. The molecule has 1 saturated heterocycles. The number of pyridine rings is 1. The van der Waals surface area contributed by atoms with Crippen molar-refractivity contribution in [1.29, 1.82) is 0 Å². The van der Waals surface area contributed by atoms with Crippen molar-refractivity contribution >= 4 is 5.82 Å². The second-order valence-corrected chi connectivity index (χ2v) is 4.27. The molecule has 3 heteroatoms. The number of hydrogen-bond donors (Lipinski definition) is 1. The third kappa shape index (κ3) is 2.69. The Bertz CT molecular complexity index is 302. The average molecular weight is 206 g/mol. The highest BCUT2D eigenvalue weighted by Gasteiger charge is 2.12. The van der Waals surface area contributed by atoms with E-state index in [1.54, 1.807) is 6.92 Å². The van der Waals surface area contributed by atoms with E-state index < -0.39 is 0 Å². The Morgan fingerprint density at radius 3 is 2.67 bits per heavy atom. The first kappa shape index (κ1) is 10.4. The summed E-state index contributed by atoms with van der Waals surface area (Å²) in [5.74, 6) is 1.07. The van der Waals surface area contributed by atoms with Crippen LogP contribution in [0.15, 0.2) is 18.3 Å². The fourth-order valence-corrected chi connectivity index (χ4v) is 2.01. The van der Waals surface area contributed by atoms with Gasteiger partial charge in [0.15, 0.2) is 0 Å². The number of hydrogen-bond acceptors (Lipinski definition) is 3. The van der Waals surface area contributed by atoms with E-state index in [-0.39, 0.29) is 6.10 Å². The summed E-state index contributed by atoms with van der Waals surface area (Å²) in [7, 11) is 0. The monoisotopic (exact) mass is 206 g/mol. The van der Waals surface area contributed by atoms with Crippen LogP contribution in [0.3, 0.4) is 0 Å². The Labute approximate surface area is 90.8 Å². The molecule has 0 radical (unpaired) electrons. The zero-order chi connectivity index (χ0) is 10.7. The SMILES string of the molecule is C[C@@H](O)Cc1ccc(N2CCCC2)nc1. The van der Waals surface area contributed by atoms with E-state index in [4.69, 9.17) is 0 Å². The maximum atomic E-state index is 9.25. The first-order valence-electron chi connectivity index (χ1n) is 5.63. The van der Waals surface area contributed by atoms with Crippen molar-refractivity contribution in [3.05, 3.63) is 23.9 Å². The molecular weight excluding hydrogens is 188 g/mol. The molecule has 3 nitrogen and oxygen atoms in total. The third-order valence-corrected chi connectivity index (χ3v) is 2.77. The summed E-state index contributed by atoms with van der Waals surface area (Å²) in [6.07, 6.45) is 4.83. The lowest BCUT2D eigenvalue weighted by atomic mass is 10.1. The second-order valence-electron chi connectivity index (χ2n) is 4.27. The van der Waals surface area contributed by atoms with Crippen molar-refractivity contribution < 1.29 is 5.11 Å². The lowest BCUT2D eigenvalue weighted by molar-refractivity contribution is 0.195. The van der Waals surface area contributed by atoms with Gasteiger partial charge < -0.3 is 10.0 Å². The minimum Gasteiger partial charge on any atom is -0.393 e. The number of anilines is 1. The molecular formula is C12H18N2O. The fraction of sp³-hybridized carbons (Fsp3) is 0.583. The van der Waals surface area contributed by atoms with Gasteiger partial charge >= 0.3 is 0 Å². The smallest absolute Gasteiger partial charge is 0.128 e. The van der Waals surface area contributed by atoms with Crippen LogP contribution in [0.25, 0.3) is 0 Å². The minimum absolute atomic E-state index is 0.288. The Hall–Kier alpha value is -1.09. The lowest BCUT2D eigenvalue weighted by Gasteiger charge is -2.16. The Morgan fingerprint density at radius 2 is 2.13 bits per heavy atom. The third-order valence-electron chi connectivity index (χ3n) is 2.77. The van der Waals surface area contributed by atoms with E-state index in [2.05, 4.69) is 22.0 Å². The Morgan fingerprint density at radius 1 is 1.40 bits per heavy atom. The van der Waals surface area contributed by atoms with E-state index in [0.717, 1.165) is 24.5 Å². The van der Waals surface area contributed by atoms with Gasteiger partial charge in [0.05, 0.1) is 6.10 Å². The Kier molecular flexibility index (Phi) is 3.21. The van der Waals surface area contributed by atoms with Crippen molar-refractivity contribution in [3.63, 3.8) is 0 Å². The fourth-order valence-electron chi connectivity index (χ4n) is 2.01. The van der Waals surface area contributed by atoms with Crippen LogP contribution in [0.4, 0.5) is 5.82 Å². The molecule has 2 rings (SSSR count). The van der Waals surface area contributed by atoms with Gasteiger partial charge in [-0.3, -0.25) is 0 Å². The maximum Gasteiger partial charge on any atom is 0.128 e. The summed E-state index contributed by atoms with van der Waals surface area (Å²) in [4.78, 5) is 6.74. The summed E-state index contributed by atoms with van der Waals surface area (Å²) in [5.41, 5.74) is 1.10. The first-order valence-corrected chi connectivity index (χ1v) is 5.63. The molecule has 0 saturated carbocycles. The zero-order valence-electron chi connectivity index (χ0n) is 9.19. The molecule has 0 unspecified atom stereocenters. The molecule has 2 heterocycles. The van der Waals surface area contributed by atoms with Crippen LogP contribution in [-0.4, -0.2) is 29.3 Å². The summed E-state index contributed by atoms with van der Waals surface area (Å²) in [6, 6.07) is 4.12. The van der Waals surface area contributed by atoms with E-state index in [9.17, 15) is 5.11 Å². The number of rotatable bonds is 3. The highest BCUT2D eigenvalue weighted by Crippen LogP contribution is 2.17. The predicted molar refractivity (Wildman–Crippen MR) is 61.1 cm³/mol. The zero-order valence-corrected chi connectivity index (χ0v) is 9.19. The van der Waals surface area contributed by atoms with Gasteiger partial charge in [0.2, 0.25) is 0 Å². The molecule has 0 amide bonds. The number of aliphatic hydroxyl groups excluding tert-OH is 1. The number of nitrogens with zero attached hydrogens (tertiary/aromatic N) is 2. The standard InChI is InChI=1S/C12H18N2O/c1-10(15)8-11-4-5-12(13-9-11)14-6-2-3-7-14/h4-5,9-10,15H,2-3,6-8H2,1H3/t10-/m1/s1. The highest BCUT2D eigenvalue weighted by atomic mass is 16.3. The molecule has 0 bridgehead atoms. The van der Waals surface area contributed by atoms with Gasteiger partial charge in [-0.05, 0) is 37.8 Å². The molecule has 15 heavy (non-hydrogen) atoms. The molecule has 1 aliphatic heterocycles. The summed E-state index contributed by atoms with van der Waals surface area (Å²) < 4.78 is 0. The van der Waals surface area contributed by atoms with Crippen LogP contribution in [0.1, 0.15) is 25.3 Å². The molecule has 1 atom stereocenters. The van der Waals surface area contributed by atoms with Crippen molar-refractivity contribution in [1.82, 2.24) is 4.98 Å². The van der Waals surface area contributed by atoms with Crippen molar-refractivity contribution in [2.75, 3.05) is 18.0 Å². The molecule has 1 aliphatic rings. The normalized spacial score (nSPS) is 18.1. The summed E-state index contributed by atoms with van der Waals surface area (Å²) in [5, 5.41) is 9.25. The van der Waals surface area contributed by atoms with Gasteiger partial charge in [0, 0.05) is 19.3 Å². The summed E-state index contributed by atoms with van der Waals surface area (Å²) in [6.45, 7) is 4.06. The van der Waals surface area contributed by atoms with E-state index in [0.29, 0.717) is 6.42 Å². The molecule has 0 aliphatic carbocycles.